The fraction of sp³-hybridized carbons (Fsp3) is 0. The quantitative estimate of drug-likeness (QED) is 0.179. The molecule has 3 nitrogen and oxygen atoms in total. The molecule has 252 valence electrons. The summed E-state index contributed by atoms with van der Waals surface area (Å²) in [4.78, 5) is 10.0. The molecule has 0 N–H and O–H groups in total. The minimum absolute atomic E-state index is 0.708. The van der Waals surface area contributed by atoms with Crippen LogP contribution >= 0.6 is 11.3 Å². The van der Waals surface area contributed by atoms with E-state index >= 15 is 0 Å². The molecule has 0 atom stereocenters. The lowest BCUT2D eigenvalue weighted by molar-refractivity contribution is 0.673. The highest BCUT2D eigenvalue weighted by atomic mass is 32.1. The normalized spacial score (nSPS) is 11.7. The lowest BCUT2D eigenvalue weighted by atomic mass is 9.92. The Morgan fingerprint density at radius 1 is 0.389 bits per heavy atom. The molecule has 8 aromatic carbocycles. The zero-order valence-corrected chi connectivity index (χ0v) is 29.8. The smallest absolute Gasteiger partial charge is 0.160 e. The van der Waals surface area contributed by atoms with Crippen LogP contribution in [-0.2, 0) is 0 Å². The molecule has 0 saturated heterocycles. The first kappa shape index (κ1) is 30.7. The Bertz CT molecular complexity index is 3140. The second-order valence-electron chi connectivity index (χ2n) is 13.7. The summed E-state index contributed by atoms with van der Waals surface area (Å²) in [6.07, 6.45) is 0. The van der Waals surface area contributed by atoms with Gasteiger partial charge in [0.1, 0.15) is 11.2 Å². The Morgan fingerprint density at radius 3 is 1.76 bits per heavy atom. The maximum atomic E-state index is 6.74. The summed E-state index contributed by atoms with van der Waals surface area (Å²) in [6, 6.07) is 64.2. The summed E-state index contributed by atoms with van der Waals surface area (Å²) in [5.74, 6) is 0.708. The molecule has 0 saturated carbocycles. The maximum Gasteiger partial charge on any atom is 0.160 e. The number of nitrogens with zero attached hydrogens (tertiary/aromatic N) is 2. The van der Waals surface area contributed by atoms with Crippen molar-refractivity contribution in [3.63, 3.8) is 0 Å². The van der Waals surface area contributed by atoms with E-state index in [1.807, 2.05) is 47.7 Å². The largest absolute Gasteiger partial charge is 0.455 e. The first-order chi connectivity index (χ1) is 26.8. The molecule has 0 spiro atoms. The van der Waals surface area contributed by atoms with Crippen LogP contribution in [0.4, 0.5) is 0 Å². The van der Waals surface area contributed by atoms with Crippen molar-refractivity contribution in [1.29, 1.82) is 0 Å². The van der Waals surface area contributed by atoms with Crippen molar-refractivity contribution >= 4 is 64.2 Å². The van der Waals surface area contributed by atoms with Gasteiger partial charge in [0, 0.05) is 58.6 Å². The monoisotopic (exact) mass is 706 g/mol. The van der Waals surface area contributed by atoms with Gasteiger partial charge >= 0.3 is 0 Å². The lowest BCUT2D eigenvalue weighted by Gasteiger charge is -2.11. The van der Waals surface area contributed by atoms with Crippen LogP contribution in [0.5, 0.6) is 0 Å². The van der Waals surface area contributed by atoms with Gasteiger partial charge in [0.05, 0.1) is 11.4 Å². The van der Waals surface area contributed by atoms with Crippen molar-refractivity contribution in [1.82, 2.24) is 9.97 Å². The van der Waals surface area contributed by atoms with Crippen molar-refractivity contribution in [3.05, 3.63) is 182 Å². The number of benzene rings is 8. The van der Waals surface area contributed by atoms with Crippen LogP contribution in [0.15, 0.2) is 186 Å². The van der Waals surface area contributed by atoms with Gasteiger partial charge in [0.15, 0.2) is 5.82 Å². The van der Waals surface area contributed by atoms with E-state index in [1.54, 1.807) is 0 Å². The van der Waals surface area contributed by atoms with Crippen molar-refractivity contribution in [2.75, 3.05) is 0 Å². The molecule has 11 aromatic rings. The van der Waals surface area contributed by atoms with Gasteiger partial charge < -0.3 is 4.42 Å². The number of hydrogen-bond donors (Lipinski definition) is 0. The number of hydrogen-bond acceptors (Lipinski definition) is 4. The summed E-state index contributed by atoms with van der Waals surface area (Å²) in [7, 11) is 0. The number of furan rings is 1. The van der Waals surface area contributed by atoms with Crippen LogP contribution in [0.3, 0.4) is 0 Å². The van der Waals surface area contributed by atoms with Gasteiger partial charge in [-0.05, 0) is 46.3 Å². The maximum absolute atomic E-state index is 6.74. The molecular formula is C50H30N2OS. The number of fused-ring (bicyclic) bond motifs is 8. The van der Waals surface area contributed by atoms with Gasteiger partial charge in [0.25, 0.3) is 0 Å². The molecule has 0 radical (unpaired) electrons. The SMILES string of the molecule is c1ccc(-c2cc(-c3ccc(-c4cccc5oc6c7ccccc7c(-c7cccc8c7sc7ccccc78)cc6c45)cc3)nc(-c3ccccc3)n2)cc1. The van der Waals surface area contributed by atoms with E-state index in [1.165, 1.54) is 36.7 Å². The second kappa shape index (κ2) is 12.4. The fourth-order valence-electron chi connectivity index (χ4n) is 7.96. The summed E-state index contributed by atoms with van der Waals surface area (Å²) in [5, 5.41) is 7.15. The Morgan fingerprint density at radius 2 is 0.981 bits per heavy atom. The Kier molecular flexibility index (Phi) is 7.04. The standard InChI is InChI=1S/C50H30N2OS/c1-3-13-32(14-4-1)43-30-44(52-50(51-43)34-15-5-2-6-16-34)33-27-25-31(26-28-33)35-20-12-23-45-47(35)42-29-41(36-17-7-8-19-38(36)48(42)53-45)40-22-11-21-39-37-18-9-10-24-46(37)54-49(39)40/h1-30H. The van der Waals surface area contributed by atoms with Gasteiger partial charge in [-0.3, -0.25) is 0 Å². The van der Waals surface area contributed by atoms with E-state index in [0.29, 0.717) is 5.82 Å². The topological polar surface area (TPSA) is 38.9 Å². The average Bonchev–Trinajstić information content (AvgIpc) is 3.83. The molecule has 0 bridgehead atoms. The molecule has 0 aliphatic heterocycles. The van der Waals surface area contributed by atoms with Gasteiger partial charge in [0.2, 0.25) is 0 Å². The van der Waals surface area contributed by atoms with Crippen LogP contribution in [0.2, 0.25) is 0 Å². The molecule has 11 rings (SSSR count). The summed E-state index contributed by atoms with van der Waals surface area (Å²) in [6.45, 7) is 0. The third-order valence-corrected chi connectivity index (χ3v) is 11.7. The van der Waals surface area contributed by atoms with Crippen LogP contribution in [-0.4, -0.2) is 9.97 Å². The van der Waals surface area contributed by atoms with Crippen molar-refractivity contribution in [2.24, 2.45) is 0 Å². The second-order valence-corrected chi connectivity index (χ2v) is 14.7. The molecule has 4 heteroatoms. The Hall–Kier alpha value is -6.88. The average molecular weight is 707 g/mol. The van der Waals surface area contributed by atoms with Crippen molar-refractivity contribution in [3.8, 4) is 56.2 Å². The molecule has 0 fully saturated rings. The van der Waals surface area contributed by atoms with Crippen LogP contribution < -0.4 is 0 Å². The molecule has 54 heavy (non-hydrogen) atoms. The van der Waals surface area contributed by atoms with E-state index in [9.17, 15) is 0 Å². The minimum atomic E-state index is 0.708. The predicted octanol–water partition coefficient (Wildman–Crippen LogP) is 14.2. The molecule has 0 aliphatic carbocycles. The van der Waals surface area contributed by atoms with E-state index in [4.69, 9.17) is 14.4 Å². The summed E-state index contributed by atoms with van der Waals surface area (Å²) < 4.78 is 9.36. The Balaban J connectivity index is 1.08. The van der Waals surface area contributed by atoms with Crippen LogP contribution in [0.25, 0.3) is 109 Å². The third kappa shape index (κ3) is 4.96. The fourth-order valence-corrected chi connectivity index (χ4v) is 9.19. The molecular weight excluding hydrogens is 677 g/mol. The summed E-state index contributed by atoms with van der Waals surface area (Å²) in [5.41, 5.74) is 11.4. The predicted molar refractivity (Wildman–Crippen MR) is 227 cm³/mol. The molecule has 0 unspecified atom stereocenters. The summed E-state index contributed by atoms with van der Waals surface area (Å²) >= 11 is 1.87. The zero-order valence-electron chi connectivity index (χ0n) is 29.0. The first-order valence-corrected chi connectivity index (χ1v) is 19.0. The molecule has 0 aliphatic rings. The van der Waals surface area contributed by atoms with Crippen LogP contribution in [0, 0.1) is 0 Å². The van der Waals surface area contributed by atoms with Gasteiger partial charge in [-0.15, -0.1) is 11.3 Å². The highest BCUT2D eigenvalue weighted by Crippen LogP contribution is 2.46. The Labute approximate surface area is 315 Å². The number of thiophene rings is 1. The first-order valence-electron chi connectivity index (χ1n) is 18.2. The molecule has 3 aromatic heterocycles. The van der Waals surface area contributed by atoms with Gasteiger partial charge in [-0.2, -0.15) is 0 Å². The van der Waals surface area contributed by atoms with Crippen LogP contribution in [0.1, 0.15) is 0 Å². The number of rotatable bonds is 5. The lowest BCUT2D eigenvalue weighted by Crippen LogP contribution is -1.95. The van der Waals surface area contributed by atoms with E-state index < -0.39 is 0 Å². The highest BCUT2D eigenvalue weighted by Gasteiger charge is 2.20. The third-order valence-electron chi connectivity index (χ3n) is 10.5. The van der Waals surface area contributed by atoms with E-state index in [0.717, 1.165) is 66.5 Å². The zero-order chi connectivity index (χ0) is 35.6. The van der Waals surface area contributed by atoms with Gasteiger partial charge in [-0.25, -0.2) is 9.97 Å². The minimum Gasteiger partial charge on any atom is -0.455 e. The molecule has 3 heterocycles. The van der Waals surface area contributed by atoms with E-state index in [2.05, 4.69) is 146 Å². The van der Waals surface area contributed by atoms with Crippen molar-refractivity contribution in [2.45, 2.75) is 0 Å². The molecule has 0 amide bonds. The van der Waals surface area contributed by atoms with E-state index in [-0.39, 0.29) is 0 Å². The highest BCUT2D eigenvalue weighted by molar-refractivity contribution is 7.26. The number of aromatic nitrogens is 2. The van der Waals surface area contributed by atoms with Crippen molar-refractivity contribution < 1.29 is 4.42 Å². The van der Waals surface area contributed by atoms with Gasteiger partial charge in [-0.1, -0.05) is 158 Å².